The van der Waals surface area contributed by atoms with E-state index in [0.29, 0.717) is 22.8 Å². The second-order valence-corrected chi connectivity index (χ2v) is 11.7. The van der Waals surface area contributed by atoms with Crippen molar-refractivity contribution < 1.29 is 18.0 Å². The second-order valence-electron chi connectivity index (χ2n) is 9.31. The Morgan fingerprint density at radius 2 is 1.61 bits per heavy atom. The van der Waals surface area contributed by atoms with Crippen molar-refractivity contribution in [3.8, 4) is 0 Å². The Morgan fingerprint density at radius 3 is 2.21 bits per heavy atom. The molecule has 202 valence electrons. The van der Waals surface area contributed by atoms with Gasteiger partial charge in [0.1, 0.15) is 12.6 Å². The van der Waals surface area contributed by atoms with Crippen molar-refractivity contribution in [1.82, 2.24) is 10.2 Å². The number of sulfonamides is 1. The van der Waals surface area contributed by atoms with Crippen LogP contribution in [0.25, 0.3) is 0 Å². The van der Waals surface area contributed by atoms with Crippen molar-refractivity contribution in [2.24, 2.45) is 0 Å². The molecule has 7 nitrogen and oxygen atoms in total. The molecule has 1 N–H and O–H groups in total. The SMILES string of the molecule is CCNC(=O)[C@@H](Cc1ccccc1)N(Cc1ccc(C)cc1)C(=O)CN(c1cc(Cl)ccc1C)S(C)(=O)=O. The van der Waals surface area contributed by atoms with E-state index in [0.717, 1.165) is 27.3 Å². The van der Waals surface area contributed by atoms with Crippen LogP contribution in [-0.4, -0.2) is 50.5 Å². The summed E-state index contributed by atoms with van der Waals surface area (Å²) < 4.78 is 26.8. The Kier molecular flexibility index (Phi) is 9.94. The number of hydrogen-bond donors (Lipinski definition) is 1. The summed E-state index contributed by atoms with van der Waals surface area (Å²) in [4.78, 5) is 28.8. The van der Waals surface area contributed by atoms with E-state index < -0.39 is 28.5 Å². The van der Waals surface area contributed by atoms with Gasteiger partial charge in [-0.1, -0.05) is 77.8 Å². The molecule has 0 aliphatic carbocycles. The van der Waals surface area contributed by atoms with Crippen LogP contribution in [0.1, 0.15) is 29.2 Å². The number of rotatable bonds is 11. The summed E-state index contributed by atoms with van der Waals surface area (Å²) in [6.45, 7) is 5.60. The van der Waals surface area contributed by atoms with E-state index in [4.69, 9.17) is 11.6 Å². The average molecular weight is 556 g/mol. The summed E-state index contributed by atoms with van der Waals surface area (Å²) in [6, 6.07) is 21.2. The number of halogens is 1. The number of nitrogens with one attached hydrogen (secondary N) is 1. The van der Waals surface area contributed by atoms with Gasteiger partial charge in [0.05, 0.1) is 11.9 Å². The van der Waals surface area contributed by atoms with Gasteiger partial charge >= 0.3 is 0 Å². The van der Waals surface area contributed by atoms with Crippen LogP contribution in [0.15, 0.2) is 72.8 Å². The van der Waals surface area contributed by atoms with E-state index in [1.165, 1.54) is 11.0 Å². The Morgan fingerprint density at radius 1 is 0.947 bits per heavy atom. The summed E-state index contributed by atoms with van der Waals surface area (Å²) in [7, 11) is -3.85. The molecule has 3 aromatic rings. The summed E-state index contributed by atoms with van der Waals surface area (Å²) >= 11 is 6.18. The average Bonchev–Trinajstić information content (AvgIpc) is 2.87. The molecule has 3 rings (SSSR count). The van der Waals surface area contributed by atoms with Crippen molar-refractivity contribution in [2.75, 3.05) is 23.7 Å². The van der Waals surface area contributed by atoms with Crippen LogP contribution in [0.4, 0.5) is 5.69 Å². The van der Waals surface area contributed by atoms with Gasteiger partial charge in [0, 0.05) is 24.5 Å². The molecule has 0 spiro atoms. The molecule has 0 saturated carbocycles. The summed E-state index contributed by atoms with van der Waals surface area (Å²) in [5.41, 5.74) is 3.76. The topological polar surface area (TPSA) is 86.8 Å². The Balaban J connectivity index is 2.06. The number of likely N-dealkylation sites (N-methyl/N-ethyl adjacent to an activating group) is 1. The Labute approximate surface area is 230 Å². The number of anilines is 1. The van der Waals surface area contributed by atoms with Gasteiger partial charge in [-0.2, -0.15) is 0 Å². The molecule has 3 aromatic carbocycles. The molecule has 38 heavy (non-hydrogen) atoms. The highest BCUT2D eigenvalue weighted by Crippen LogP contribution is 2.27. The van der Waals surface area contributed by atoms with Crippen LogP contribution in [0.2, 0.25) is 5.02 Å². The van der Waals surface area contributed by atoms with Gasteiger partial charge in [-0.05, 0) is 49.6 Å². The van der Waals surface area contributed by atoms with Crippen molar-refractivity contribution in [2.45, 2.75) is 39.8 Å². The van der Waals surface area contributed by atoms with Crippen LogP contribution in [0.3, 0.4) is 0 Å². The first-order valence-electron chi connectivity index (χ1n) is 12.4. The van der Waals surface area contributed by atoms with E-state index >= 15 is 0 Å². The smallest absolute Gasteiger partial charge is 0.244 e. The van der Waals surface area contributed by atoms with Crippen molar-refractivity contribution >= 4 is 39.1 Å². The second kappa shape index (κ2) is 12.9. The van der Waals surface area contributed by atoms with Crippen LogP contribution in [0.5, 0.6) is 0 Å². The van der Waals surface area contributed by atoms with Gasteiger partial charge in [0.25, 0.3) is 0 Å². The molecule has 0 saturated heterocycles. The lowest BCUT2D eigenvalue weighted by Gasteiger charge is -2.33. The maximum absolute atomic E-state index is 14.0. The standard InChI is InChI=1S/C29H34ClN3O4S/c1-5-31-29(35)27(17-23-9-7-6-8-10-23)32(19-24-14-11-21(2)12-15-24)28(34)20-33(38(4,36)37)26-18-25(30)16-13-22(26)3/h6-16,18,27H,5,17,19-20H2,1-4H3,(H,31,35)/t27-/m1/s1. The highest BCUT2D eigenvalue weighted by Gasteiger charge is 2.33. The van der Waals surface area contributed by atoms with Gasteiger partial charge in [0.15, 0.2) is 0 Å². The third-order valence-electron chi connectivity index (χ3n) is 6.21. The lowest BCUT2D eigenvalue weighted by atomic mass is 10.0. The largest absolute Gasteiger partial charge is 0.355 e. The molecule has 2 amide bonds. The number of nitrogens with zero attached hydrogens (tertiary/aromatic N) is 2. The first kappa shape index (κ1) is 29.2. The minimum Gasteiger partial charge on any atom is -0.355 e. The first-order valence-corrected chi connectivity index (χ1v) is 14.6. The van der Waals surface area contributed by atoms with Crippen LogP contribution in [-0.2, 0) is 32.6 Å². The zero-order valence-corrected chi connectivity index (χ0v) is 23.7. The van der Waals surface area contributed by atoms with Gasteiger partial charge in [-0.3, -0.25) is 13.9 Å². The van der Waals surface area contributed by atoms with Crippen LogP contribution < -0.4 is 9.62 Å². The summed E-state index contributed by atoms with van der Waals surface area (Å²) in [6.07, 6.45) is 1.33. The van der Waals surface area contributed by atoms with Crippen molar-refractivity contribution in [1.29, 1.82) is 0 Å². The van der Waals surface area contributed by atoms with E-state index in [9.17, 15) is 18.0 Å². The lowest BCUT2D eigenvalue weighted by Crippen LogP contribution is -2.53. The maximum atomic E-state index is 14.0. The van der Waals surface area contributed by atoms with Crippen LogP contribution >= 0.6 is 11.6 Å². The molecule has 0 fully saturated rings. The summed E-state index contributed by atoms with van der Waals surface area (Å²) in [5.74, 6) is -0.802. The summed E-state index contributed by atoms with van der Waals surface area (Å²) in [5, 5.41) is 3.20. The van der Waals surface area contributed by atoms with E-state index in [1.54, 1.807) is 19.1 Å². The fourth-order valence-corrected chi connectivity index (χ4v) is 5.25. The van der Waals surface area contributed by atoms with Gasteiger partial charge in [0.2, 0.25) is 21.8 Å². The molecule has 0 aliphatic rings. The molecular formula is C29H34ClN3O4S. The number of benzene rings is 3. The number of aryl methyl sites for hydroxylation is 2. The Hall–Kier alpha value is -3.36. The normalized spacial score (nSPS) is 12.0. The Bertz CT molecular complexity index is 1360. The molecule has 0 heterocycles. The van der Waals surface area contributed by atoms with Gasteiger partial charge < -0.3 is 10.2 Å². The number of amides is 2. The quantitative estimate of drug-likeness (QED) is 0.377. The molecule has 0 aliphatic heterocycles. The number of hydrogen-bond acceptors (Lipinski definition) is 4. The monoisotopic (exact) mass is 555 g/mol. The third kappa shape index (κ3) is 7.82. The third-order valence-corrected chi connectivity index (χ3v) is 7.58. The highest BCUT2D eigenvalue weighted by molar-refractivity contribution is 7.92. The minimum atomic E-state index is -3.85. The first-order chi connectivity index (χ1) is 18.0. The molecular weight excluding hydrogens is 522 g/mol. The minimum absolute atomic E-state index is 0.139. The highest BCUT2D eigenvalue weighted by atomic mass is 35.5. The fraction of sp³-hybridized carbons (Fsp3) is 0.310. The molecule has 9 heteroatoms. The molecule has 0 aromatic heterocycles. The lowest BCUT2D eigenvalue weighted by molar-refractivity contribution is -0.140. The zero-order valence-electron chi connectivity index (χ0n) is 22.1. The predicted octanol–water partition coefficient (Wildman–Crippen LogP) is 4.50. The van der Waals surface area contributed by atoms with E-state index in [2.05, 4.69) is 5.32 Å². The molecule has 0 radical (unpaired) electrons. The number of carbonyl (C=O) groups is 2. The van der Waals surface area contributed by atoms with E-state index in [-0.39, 0.29) is 18.9 Å². The maximum Gasteiger partial charge on any atom is 0.244 e. The number of carbonyl (C=O) groups excluding carboxylic acids is 2. The van der Waals surface area contributed by atoms with Crippen molar-refractivity contribution in [3.05, 3.63) is 100 Å². The van der Waals surface area contributed by atoms with Gasteiger partial charge in [-0.25, -0.2) is 8.42 Å². The van der Waals surface area contributed by atoms with Gasteiger partial charge in [-0.15, -0.1) is 0 Å². The predicted molar refractivity (Wildman–Crippen MR) is 153 cm³/mol. The van der Waals surface area contributed by atoms with E-state index in [1.807, 2.05) is 68.4 Å². The van der Waals surface area contributed by atoms with Crippen LogP contribution in [0, 0.1) is 13.8 Å². The molecule has 1 atom stereocenters. The fourth-order valence-electron chi connectivity index (χ4n) is 4.18. The molecule has 0 unspecified atom stereocenters. The van der Waals surface area contributed by atoms with Crippen molar-refractivity contribution in [3.63, 3.8) is 0 Å². The zero-order chi connectivity index (χ0) is 27.9. The molecule has 0 bridgehead atoms.